The lowest BCUT2D eigenvalue weighted by molar-refractivity contribution is 0.174. The Morgan fingerprint density at radius 1 is 1.25 bits per heavy atom. The van der Waals surface area contributed by atoms with Crippen LogP contribution in [0.5, 0.6) is 11.5 Å². The standard InChI is InChI=1S/C18H20N2O3S/c21-18(20(14-4-5-14)11-15-2-1-9-24-15)19-8-7-13-3-6-16-17(10-13)23-12-22-16/h1-3,6,9-10,14H,4-5,7-8,11-12H2,(H,19,21). The van der Waals surface area contributed by atoms with E-state index in [9.17, 15) is 4.79 Å². The molecule has 2 amide bonds. The molecule has 1 fully saturated rings. The normalized spacial score (nSPS) is 15.3. The summed E-state index contributed by atoms with van der Waals surface area (Å²) in [6.07, 6.45) is 3.00. The molecule has 0 atom stereocenters. The van der Waals surface area contributed by atoms with Gasteiger partial charge in [-0.05, 0) is 48.4 Å². The van der Waals surface area contributed by atoms with E-state index in [2.05, 4.69) is 16.8 Å². The highest BCUT2D eigenvalue weighted by molar-refractivity contribution is 7.09. The van der Waals surface area contributed by atoms with Crippen LogP contribution in [-0.4, -0.2) is 30.3 Å². The van der Waals surface area contributed by atoms with Crippen LogP contribution in [0.2, 0.25) is 0 Å². The van der Waals surface area contributed by atoms with Crippen LogP contribution in [-0.2, 0) is 13.0 Å². The van der Waals surface area contributed by atoms with Gasteiger partial charge in [0.15, 0.2) is 11.5 Å². The molecule has 0 saturated heterocycles. The number of nitrogens with zero attached hydrogens (tertiary/aromatic N) is 1. The molecule has 2 heterocycles. The van der Waals surface area contributed by atoms with E-state index in [1.807, 2.05) is 29.2 Å². The molecule has 0 radical (unpaired) electrons. The molecule has 0 bridgehead atoms. The summed E-state index contributed by atoms with van der Waals surface area (Å²) in [7, 11) is 0. The quantitative estimate of drug-likeness (QED) is 0.874. The molecule has 1 aromatic carbocycles. The molecule has 0 spiro atoms. The molecule has 2 aliphatic rings. The molecule has 6 heteroatoms. The number of hydrogen-bond acceptors (Lipinski definition) is 4. The van der Waals surface area contributed by atoms with Crippen molar-refractivity contribution in [3.05, 3.63) is 46.2 Å². The zero-order chi connectivity index (χ0) is 16.4. The van der Waals surface area contributed by atoms with Crippen LogP contribution in [0.25, 0.3) is 0 Å². The molecule has 4 rings (SSSR count). The smallest absolute Gasteiger partial charge is 0.317 e. The van der Waals surface area contributed by atoms with E-state index in [-0.39, 0.29) is 12.8 Å². The summed E-state index contributed by atoms with van der Waals surface area (Å²) >= 11 is 1.70. The number of urea groups is 1. The number of nitrogens with one attached hydrogen (secondary N) is 1. The van der Waals surface area contributed by atoms with Gasteiger partial charge in [-0.3, -0.25) is 0 Å². The van der Waals surface area contributed by atoms with Crippen LogP contribution in [0, 0.1) is 0 Å². The molecule has 1 N–H and O–H groups in total. The lowest BCUT2D eigenvalue weighted by Crippen LogP contribution is -2.41. The average molecular weight is 344 g/mol. The maximum Gasteiger partial charge on any atom is 0.317 e. The van der Waals surface area contributed by atoms with E-state index < -0.39 is 0 Å². The third-order valence-electron chi connectivity index (χ3n) is 4.28. The van der Waals surface area contributed by atoms with E-state index >= 15 is 0 Å². The highest BCUT2D eigenvalue weighted by Gasteiger charge is 2.32. The van der Waals surface area contributed by atoms with Crippen LogP contribution in [0.15, 0.2) is 35.7 Å². The van der Waals surface area contributed by atoms with Gasteiger partial charge in [-0.1, -0.05) is 12.1 Å². The Kier molecular flexibility index (Phi) is 4.30. The third kappa shape index (κ3) is 3.48. The fourth-order valence-corrected chi connectivity index (χ4v) is 3.54. The first-order valence-corrected chi connectivity index (χ1v) is 9.13. The van der Waals surface area contributed by atoms with Crippen molar-refractivity contribution in [1.82, 2.24) is 10.2 Å². The zero-order valence-electron chi connectivity index (χ0n) is 13.4. The summed E-state index contributed by atoms with van der Waals surface area (Å²) < 4.78 is 10.7. The van der Waals surface area contributed by atoms with Crippen LogP contribution in [0.3, 0.4) is 0 Å². The molecule has 1 aliphatic heterocycles. The number of amides is 2. The summed E-state index contributed by atoms with van der Waals surface area (Å²) in [5.41, 5.74) is 1.13. The largest absolute Gasteiger partial charge is 0.454 e. The minimum absolute atomic E-state index is 0.0339. The summed E-state index contributed by atoms with van der Waals surface area (Å²) in [4.78, 5) is 15.7. The highest BCUT2D eigenvalue weighted by Crippen LogP contribution is 2.32. The number of hydrogen-bond donors (Lipinski definition) is 1. The number of thiophene rings is 1. The Balaban J connectivity index is 1.30. The number of carbonyl (C=O) groups is 1. The van der Waals surface area contributed by atoms with Gasteiger partial charge in [0, 0.05) is 17.5 Å². The number of benzene rings is 1. The minimum atomic E-state index is 0.0339. The SMILES string of the molecule is O=C(NCCc1ccc2c(c1)OCO2)N(Cc1cccs1)C1CC1. The van der Waals surface area contributed by atoms with Gasteiger partial charge in [0.25, 0.3) is 0 Å². The monoisotopic (exact) mass is 344 g/mol. The topological polar surface area (TPSA) is 50.8 Å². The van der Waals surface area contributed by atoms with Crippen LogP contribution in [0.4, 0.5) is 4.79 Å². The molecular weight excluding hydrogens is 324 g/mol. The Morgan fingerprint density at radius 2 is 2.12 bits per heavy atom. The predicted octanol–water partition coefficient (Wildman–Crippen LogP) is 3.39. The number of rotatable bonds is 6. The lowest BCUT2D eigenvalue weighted by atomic mass is 10.1. The Labute approximate surface area is 145 Å². The van der Waals surface area contributed by atoms with Crippen molar-refractivity contribution in [3.8, 4) is 11.5 Å². The number of carbonyl (C=O) groups excluding carboxylic acids is 1. The summed E-state index contributed by atoms with van der Waals surface area (Å²) in [5.74, 6) is 1.58. The maximum atomic E-state index is 12.5. The molecule has 0 unspecified atom stereocenters. The first-order valence-electron chi connectivity index (χ1n) is 8.25. The van der Waals surface area contributed by atoms with Gasteiger partial charge >= 0.3 is 6.03 Å². The fraction of sp³-hybridized carbons (Fsp3) is 0.389. The maximum absolute atomic E-state index is 12.5. The first-order chi connectivity index (χ1) is 11.8. The van der Waals surface area contributed by atoms with Gasteiger partial charge in [0.05, 0.1) is 6.54 Å². The van der Waals surface area contributed by atoms with Gasteiger partial charge in [-0.15, -0.1) is 11.3 Å². The third-order valence-corrected chi connectivity index (χ3v) is 5.14. The lowest BCUT2D eigenvalue weighted by Gasteiger charge is -2.22. The van der Waals surface area contributed by atoms with Crippen molar-refractivity contribution in [2.75, 3.05) is 13.3 Å². The first kappa shape index (κ1) is 15.3. The van der Waals surface area contributed by atoms with E-state index in [0.717, 1.165) is 36.3 Å². The van der Waals surface area contributed by atoms with Crippen molar-refractivity contribution in [1.29, 1.82) is 0 Å². The van der Waals surface area contributed by atoms with E-state index in [1.165, 1.54) is 4.88 Å². The highest BCUT2D eigenvalue weighted by atomic mass is 32.1. The molecule has 1 aromatic heterocycles. The van der Waals surface area contributed by atoms with Gasteiger partial charge in [0.1, 0.15) is 0 Å². The predicted molar refractivity (Wildman–Crippen MR) is 92.6 cm³/mol. The van der Waals surface area contributed by atoms with Gasteiger partial charge in [-0.2, -0.15) is 0 Å². The van der Waals surface area contributed by atoms with Crippen LogP contribution in [0.1, 0.15) is 23.3 Å². The van der Waals surface area contributed by atoms with Crippen molar-refractivity contribution >= 4 is 17.4 Å². The zero-order valence-corrected chi connectivity index (χ0v) is 14.2. The molecule has 24 heavy (non-hydrogen) atoms. The van der Waals surface area contributed by atoms with Crippen molar-refractivity contribution in [2.24, 2.45) is 0 Å². The average Bonchev–Trinajstić information content (AvgIpc) is 3.10. The Bertz CT molecular complexity index is 713. The van der Waals surface area contributed by atoms with E-state index in [4.69, 9.17) is 9.47 Å². The summed E-state index contributed by atoms with van der Waals surface area (Å²) in [6, 6.07) is 10.5. The van der Waals surface area contributed by atoms with Crippen LogP contribution >= 0.6 is 11.3 Å². The van der Waals surface area contributed by atoms with Gasteiger partial charge in [-0.25, -0.2) is 4.79 Å². The fourth-order valence-electron chi connectivity index (χ4n) is 2.84. The Morgan fingerprint density at radius 3 is 2.92 bits per heavy atom. The van der Waals surface area contributed by atoms with E-state index in [0.29, 0.717) is 19.1 Å². The van der Waals surface area contributed by atoms with Crippen molar-refractivity contribution in [3.63, 3.8) is 0 Å². The molecule has 126 valence electrons. The summed E-state index contributed by atoms with van der Waals surface area (Å²) in [6.45, 7) is 1.61. The number of ether oxygens (including phenoxy) is 2. The van der Waals surface area contributed by atoms with Crippen molar-refractivity contribution < 1.29 is 14.3 Å². The second kappa shape index (κ2) is 6.73. The molecule has 1 saturated carbocycles. The molecule has 1 aliphatic carbocycles. The summed E-state index contributed by atoms with van der Waals surface area (Å²) in [5, 5.41) is 5.11. The van der Waals surface area contributed by atoms with E-state index in [1.54, 1.807) is 11.3 Å². The van der Waals surface area contributed by atoms with Gasteiger partial charge in [0.2, 0.25) is 6.79 Å². The second-order valence-electron chi connectivity index (χ2n) is 6.11. The van der Waals surface area contributed by atoms with Crippen LogP contribution < -0.4 is 14.8 Å². The molecular formula is C18H20N2O3S. The molecule has 5 nitrogen and oxygen atoms in total. The minimum Gasteiger partial charge on any atom is -0.454 e. The Hall–Kier alpha value is -2.21. The van der Waals surface area contributed by atoms with Crippen molar-refractivity contribution in [2.45, 2.75) is 31.8 Å². The number of fused-ring (bicyclic) bond motifs is 1. The second-order valence-corrected chi connectivity index (χ2v) is 7.14. The van der Waals surface area contributed by atoms with Gasteiger partial charge < -0.3 is 19.7 Å². The molecule has 2 aromatic rings.